The van der Waals surface area contributed by atoms with E-state index in [0.717, 1.165) is 6.92 Å². The number of aliphatic hydroxyl groups is 1. The molecule has 4 atom stereocenters. The number of hydrogen-bond donors (Lipinski definition) is 2. The van der Waals surface area contributed by atoms with E-state index in [4.69, 9.17) is 11.0 Å². The van der Waals surface area contributed by atoms with Crippen LogP contribution in [0, 0.1) is 11.8 Å². The summed E-state index contributed by atoms with van der Waals surface area (Å²) in [5.41, 5.74) is 0.157. The first-order valence-electron chi connectivity index (χ1n) is 12.3. The van der Waals surface area contributed by atoms with Gasteiger partial charge in [-0.05, 0) is 23.4 Å². The summed E-state index contributed by atoms with van der Waals surface area (Å²) in [6, 6.07) is -3.18. The Bertz CT molecular complexity index is 1010. The number of rotatable bonds is 6. The number of hydrogen-bond acceptors (Lipinski definition) is 4. The number of fused-ring (bicyclic) bond motifs is 1. The molecule has 1 unspecified atom stereocenters. The van der Waals surface area contributed by atoms with Gasteiger partial charge in [0.1, 0.15) is 12.1 Å². The highest BCUT2D eigenvalue weighted by atomic mass is 16.3. The zero-order valence-corrected chi connectivity index (χ0v) is 15.0. The maximum atomic E-state index is 13.0. The molecule has 142 valence electrons. The van der Waals surface area contributed by atoms with Crippen LogP contribution in [0.3, 0.4) is 0 Å². The molecule has 0 saturated carbocycles. The van der Waals surface area contributed by atoms with Gasteiger partial charge in [0.05, 0.1) is 5.48 Å². The minimum atomic E-state index is -2.95. The predicted molar refractivity (Wildman–Crippen MR) is 98.3 cm³/mol. The average molecular weight is 369 g/mol. The van der Waals surface area contributed by atoms with Gasteiger partial charge in [-0.3, -0.25) is 14.4 Å². The Kier molecular flexibility index (Phi) is 3.73. The molecule has 6 nitrogen and oxygen atoms in total. The van der Waals surface area contributed by atoms with Crippen LogP contribution in [0.4, 0.5) is 0 Å². The lowest BCUT2D eigenvalue weighted by molar-refractivity contribution is -0.137. The highest BCUT2D eigenvalue weighted by Gasteiger charge is 2.32. The lowest BCUT2D eigenvalue weighted by Gasteiger charge is -2.24. The number of likely N-dealkylation sites (N-methyl/N-ethyl adjacent to an activating group) is 1. The van der Waals surface area contributed by atoms with Crippen LogP contribution in [0.25, 0.3) is 0 Å². The normalized spacial score (nSPS) is 26.7. The second-order valence-electron chi connectivity index (χ2n) is 6.50. The summed E-state index contributed by atoms with van der Waals surface area (Å²) in [5, 5.41) is 12.6. The van der Waals surface area contributed by atoms with Gasteiger partial charge in [-0.1, -0.05) is 44.9 Å². The minimum Gasteiger partial charge on any atom is -0.385 e. The second-order valence-corrected chi connectivity index (χ2v) is 6.50. The standard InChI is InChI=1S/C20H28N2O4/c1-12(2)18(24)16(23)11-13(3)19(25)21-17-15-8-6-5-7-14(15)9-10-22(4)20(17)26/h5-8,12-13,17-18,24H,9-11H2,1-4H3,(H,21,25)/t13-,17+,18+/m1/s1/i1D3,5D,6D,7D,8D,12D/t12?,13-,17+,18+. The van der Waals surface area contributed by atoms with Gasteiger partial charge in [-0.15, -0.1) is 0 Å². The zero-order chi connectivity index (χ0) is 26.3. The van der Waals surface area contributed by atoms with Crippen LogP contribution < -0.4 is 5.32 Å². The van der Waals surface area contributed by atoms with Crippen molar-refractivity contribution in [3.8, 4) is 0 Å². The quantitative estimate of drug-likeness (QED) is 0.796. The fourth-order valence-electron chi connectivity index (χ4n) is 2.69. The SMILES string of the molecule is [2H]c1c([2H])c([2H])c2c(c1[2H])CCN(C)C(=O)[C@H]2NC(=O)[C@H](C)CC(=O)[C@@H](O)C([2H])(C)C([2H])([2H])[2H]. The first-order valence-corrected chi connectivity index (χ1v) is 8.28. The van der Waals surface area contributed by atoms with Crippen molar-refractivity contribution in [3.63, 3.8) is 0 Å². The average Bonchev–Trinajstić information content (AvgIpc) is 2.86. The van der Waals surface area contributed by atoms with E-state index in [0.29, 0.717) is 0 Å². The third-order valence-electron chi connectivity index (χ3n) is 4.36. The van der Waals surface area contributed by atoms with Gasteiger partial charge < -0.3 is 15.3 Å². The van der Waals surface area contributed by atoms with Crippen LogP contribution >= 0.6 is 0 Å². The zero-order valence-electron chi connectivity index (χ0n) is 23.0. The molecule has 1 aliphatic heterocycles. The number of carbonyl (C=O) groups excluding carboxylic acids is 3. The van der Waals surface area contributed by atoms with Gasteiger partial charge in [0.15, 0.2) is 5.78 Å². The lowest BCUT2D eigenvalue weighted by Crippen LogP contribution is -2.43. The van der Waals surface area contributed by atoms with Gasteiger partial charge in [0, 0.05) is 31.4 Å². The molecule has 0 saturated heterocycles. The lowest BCUT2D eigenvalue weighted by atomic mass is 9.94. The van der Waals surface area contributed by atoms with E-state index in [1.165, 1.54) is 18.9 Å². The summed E-state index contributed by atoms with van der Waals surface area (Å²) in [5.74, 6) is -6.05. The molecule has 0 spiro atoms. The van der Waals surface area contributed by atoms with Gasteiger partial charge in [0.25, 0.3) is 0 Å². The Morgan fingerprint density at radius 3 is 2.85 bits per heavy atom. The Morgan fingerprint density at radius 2 is 2.15 bits per heavy atom. The van der Waals surface area contributed by atoms with Crippen molar-refractivity contribution in [1.82, 2.24) is 10.2 Å². The Hall–Kier alpha value is -2.21. The molecule has 0 fully saturated rings. The summed E-state index contributed by atoms with van der Waals surface area (Å²) in [4.78, 5) is 39.5. The topological polar surface area (TPSA) is 86.7 Å². The second kappa shape index (κ2) is 8.45. The van der Waals surface area contributed by atoms with Gasteiger partial charge in [-0.25, -0.2) is 0 Å². The first-order chi connectivity index (χ1) is 15.4. The van der Waals surface area contributed by atoms with Crippen molar-refractivity contribution >= 4 is 17.6 Å². The smallest absolute Gasteiger partial charge is 0.249 e. The van der Waals surface area contributed by atoms with E-state index in [9.17, 15) is 19.5 Å². The Balaban J connectivity index is 2.33. The number of Topliss-reactive ketones (excluding diaryl/α,β-unsaturated/α-hetero) is 1. The van der Waals surface area contributed by atoms with E-state index < -0.39 is 73.0 Å². The van der Waals surface area contributed by atoms with E-state index >= 15 is 0 Å². The number of aliphatic hydroxyl groups excluding tert-OH is 1. The minimum absolute atomic E-state index is 0.0478. The third kappa shape index (κ3) is 4.49. The summed E-state index contributed by atoms with van der Waals surface area (Å²) in [6.45, 7) is -0.560. The van der Waals surface area contributed by atoms with Crippen LogP contribution in [0.1, 0.15) is 55.3 Å². The highest BCUT2D eigenvalue weighted by Crippen LogP contribution is 2.25. The third-order valence-corrected chi connectivity index (χ3v) is 4.36. The van der Waals surface area contributed by atoms with E-state index in [1.807, 2.05) is 0 Å². The molecule has 1 aromatic carbocycles. The molecular formula is C20H28N2O4. The van der Waals surface area contributed by atoms with Gasteiger partial charge in [-0.2, -0.15) is 0 Å². The molecule has 2 rings (SSSR count). The number of nitrogens with one attached hydrogen (secondary N) is 1. The van der Waals surface area contributed by atoms with Gasteiger partial charge >= 0.3 is 0 Å². The monoisotopic (exact) mass is 368 g/mol. The summed E-state index contributed by atoms with van der Waals surface area (Å²) < 4.78 is 62.2. The van der Waals surface area contributed by atoms with Crippen LogP contribution in [0.15, 0.2) is 24.2 Å². The summed E-state index contributed by atoms with van der Waals surface area (Å²) in [7, 11) is 1.47. The van der Waals surface area contributed by atoms with Crippen molar-refractivity contribution in [1.29, 1.82) is 0 Å². The van der Waals surface area contributed by atoms with Crippen LogP contribution in [0.5, 0.6) is 0 Å². The van der Waals surface area contributed by atoms with Crippen molar-refractivity contribution in [3.05, 3.63) is 35.3 Å². The Morgan fingerprint density at radius 1 is 1.46 bits per heavy atom. The van der Waals surface area contributed by atoms with Crippen molar-refractivity contribution in [2.24, 2.45) is 11.8 Å². The molecule has 0 aliphatic carbocycles. The van der Waals surface area contributed by atoms with Crippen molar-refractivity contribution in [2.75, 3.05) is 13.6 Å². The number of benzene rings is 1. The molecule has 6 heteroatoms. The van der Waals surface area contributed by atoms with Gasteiger partial charge in [0.2, 0.25) is 11.8 Å². The van der Waals surface area contributed by atoms with Crippen LogP contribution in [-0.2, 0) is 20.8 Å². The highest BCUT2D eigenvalue weighted by molar-refractivity contribution is 5.92. The van der Waals surface area contributed by atoms with E-state index in [1.54, 1.807) is 0 Å². The largest absolute Gasteiger partial charge is 0.385 e. The molecular weight excluding hydrogens is 332 g/mol. The molecule has 2 amide bonds. The van der Waals surface area contributed by atoms with E-state index in [2.05, 4.69) is 5.32 Å². The fraction of sp³-hybridized carbons (Fsp3) is 0.550. The molecule has 1 aliphatic rings. The molecule has 0 bridgehead atoms. The Labute approximate surface area is 165 Å². The molecule has 26 heavy (non-hydrogen) atoms. The predicted octanol–water partition coefficient (Wildman–Crippen LogP) is 1.47. The maximum absolute atomic E-state index is 13.0. The number of ketones is 1. The molecule has 0 aromatic heterocycles. The molecule has 1 heterocycles. The summed E-state index contributed by atoms with van der Waals surface area (Å²) in [6.07, 6.45) is -2.62. The molecule has 0 radical (unpaired) electrons. The van der Waals surface area contributed by atoms with Crippen LogP contribution in [0.2, 0.25) is 0 Å². The van der Waals surface area contributed by atoms with E-state index in [-0.39, 0.29) is 30.1 Å². The fourth-order valence-corrected chi connectivity index (χ4v) is 2.69. The van der Waals surface area contributed by atoms with Crippen molar-refractivity contribution in [2.45, 2.75) is 45.7 Å². The number of amides is 2. The van der Waals surface area contributed by atoms with Crippen LogP contribution in [-0.4, -0.2) is 47.3 Å². The van der Waals surface area contributed by atoms with Crippen molar-refractivity contribution < 1.29 is 30.5 Å². The maximum Gasteiger partial charge on any atom is 0.249 e. The number of carbonyl (C=O) groups is 3. The molecule has 2 N–H and O–H groups in total. The summed E-state index contributed by atoms with van der Waals surface area (Å²) >= 11 is 0. The first kappa shape index (κ1) is 11.5. The number of nitrogens with zero attached hydrogens (tertiary/aromatic N) is 1. The molecule has 1 aromatic rings.